The van der Waals surface area contributed by atoms with E-state index >= 15 is 0 Å². The number of carbonyl (C=O) groups is 1. The van der Waals surface area contributed by atoms with Crippen molar-refractivity contribution >= 4 is 17.4 Å². The number of aryl methyl sites for hydroxylation is 2. The average molecular weight is 241 g/mol. The molecule has 1 aliphatic carbocycles. The third kappa shape index (κ3) is 2.01. The van der Waals surface area contributed by atoms with E-state index in [2.05, 4.69) is 5.10 Å². The van der Waals surface area contributed by atoms with E-state index in [1.165, 1.54) is 6.42 Å². The van der Waals surface area contributed by atoms with Crippen LogP contribution in [0, 0.1) is 5.92 Å². The van der Waals surface area contributed by atoms with Gasteiger partial charge in [0.1, 0.15) is 5.78 Å². The van der Waals surface area contributed by atoms with Crippen LogP contribution in [-0.4, -0.2) is 15.6 Å². The number of hydrogen-bond donors (Lipinski definition) is 0. The number of aromatic nitrogens is 2. The van der Waals surface area contributed by atoms with Gasteiger partial charge in [0.15, 0.2) is 0 Å². The molecule has 1 heterocycles. The molecule has 0 radical (unpaired) electrons. The van der Waals surface area contributed by atoms with Gasteiger partial charge in [0.2, 0.25) is 0 Å². The second-order valence-electron chi connectivity index (χ2n) is 4.46. The Morgan fingerprint density at radius 1 is 1.56 bits per heavy atom. The van der Waals surface area contributed by atoms with Crippen molar-refractivity contribution < 1.29 is 4.79 Å². The molecule has 2 rings (SSSR count). The molecule has 1 aromatic heterocycles. The molecule has 0 atom stereocenters. The van der Waals surface area contributed by atoms with Crippen molar-refractivity contribution in [3.63, 3.8) is 0 Å². The molecule has 0 amide bonds. The molecular formula is C12H17ClN2O. The largest absolute Gasteiger partial charge is 0.299 e. The molecule has 1 aromatic rings. The summed E-state index contributed by atoms with van der Waals surface area (Å²) in [6, 6.07) is 0. The summed E-state index contributed by atoms with van der Waals surface area (Å²) in [5.41, 5.74) is 1.76. The number of halogens is 1. The predicted octanol–water partition coefficient (Wildman–Crippen LogP) is 2.55. The first-order valence-electron chi connectivity index (χ1n) is 5.86. The topological polar surface area (TPSA) is 34.9 Å². The predicted molar refractivity (Wildman–Crippen MR) is 63.6 cm³/mol. The van der Waals surface area contributed by atoms with Gasteiger partial charge in [-0.1, -0.05) is 24.9 Å². The zero-order chi connectivity index (χ0) is 11.7. The quantitative estimate of drug-likeness (QED) is 0.811. The minimum absolute atomic E-state index is 0.274. The van der Waals surface area contributed by atoms with Crippen LogP contribution in [-0.2, 0) is 24.7 Å². The minimum atomic E-state index is 0.274. The normalized spacial score (nSPS) is 16.2. The van der Waals surface area contributed by atoms with Crippen molar-refractivity contribution in [2.24, 2.45) is 13.0 Å². The van der Waals surface area contributed by atoms with Crippen LogP contribution in [0.4, 0.5) is 0 Å². The van der Waals surface area contributed by atoms with Gasteiger partial charge in [-0.05, 0) is 19.3 Å². The monoisotopic (exact) mass is 240 g/mol. The molecule has 0 saturated heterocycles. The Bertz CT molecular complexity index is 407. The maximum absolute atomic E-state index is 11.9. The van der Waals surface area contributed by atoms with Gasteiger partial charge >= 0.3 is 0 Å². The van der Waals surface area contributed by atoms with Crippen LogP contribution in [0.25, 0.3) is 0 Å². The molecule has 0 aromatic carbocycles. The Balaban J connectivity index is 2.13. The minimum Gasteiger partial charge on any atom is -0.299 e. The van der Waals surface area contributed by atoms with E-state index < -0.39 is 0 Å². The Kier molecular flexibility index (Phi) is 3.33. The molecule has 1 saturated carbocycles. The van der Waals surface area contributed by atoms with Crippen LogP contribution in [0.5, 0.6) is 0 Å². The number of ketones is 1. The van der Waals surface area contributed by atoms with Gasteiger partial charge in [0.05, 0.1) is 22.8 Å². The smallest absolute Gasteiger partial charge is 0.141 e. The molecule has 88 valence electrons. The van der Waals surface area contributed by atoms with Crippen LogP contribution < -0.4 is 0 Å². The molecule has 3 nitrogen and oxygen atoms in total. The third-order valence-electron chi connectivity index (χ3n) is 3.41. The van der Waals surface area contributed by atoms with E-state index in [0.29, 0.717) is 17.2 Å². The zero-order valence-electron chi connectivity index (χ0n) is 9.79. The summed E-state index contributed by atoms with van der Waals surface area (Å²) >= 11 is 6.20. The van der Waals surface area contributed by atoms with Gasteiger partial charge in [-0.2, -0.15) is 5.10 Å². The molecule has 4 heteroatoms. The van der Waals surface area contributed by atoms with Crippen molar-refractivity contribution in [2.75, 3.05) is 0 Å². The lowest BCUT2D eigenvalue weighted by molar-refractivity contribution is -0.124. The number of Topliss-reactive ketones (excluding diaryl/α,β-unsaturated/α-hetero) is 1. The average Bonchev–Trinajstić information content (AvgIpc) is 2.42. The van der Waals surface area contributed by atoms with Gasteiger partial charge in [-0.3, -0.25) is 9.48 Å². The molecular weight excluding hydrogens is 224 g/mol. The number of hydrogen-bond acceptors (Lipinski definition) is 2. The second-order valence-corrected chi connectivity index (χ2v) is 4.83. The third-order valence-corrected chi connectivity index (χ3v) is 3.84. The van der Waals surface area contributed by atoms with Crippen LogP contribution in [0.1, 0.15) is 37.6 Å². The van der Waals surface area contributed by atoms with Crippen LogP contribution in [0.15, 0.2) is 0 Å². The maximum atomic E-state index is 11.9. The first kappa shape index (κ1) is 11.6. The van der Waals surface area contributed by atoms with Crippen LogP contribution in [0.2, 0.25) is 5.02 Å². The number of nitrogens with zero attached hydrogens (tertiary/aromatic N) is 2. The van der Waals surface area contributed by atoms with Gasteiger partial charge in [0, 0.05) is 13.0 Å². The zero-order valence-corrected chi connectivity index (χ0v) is 10.5. The second kappa shape index (κ2) is 4.58. The van der Waals surface area contributed by atoms with Gasteiger partial charge < -0.3 is 0 Å². The van der Waals surface area contributed by atoms with Crippen LogP contribution >= 0.6 is 11.6 Å². The summed E-state index contributed by atoms with van der Waals surface area (Å²) < 4.78 is 1.75. The van der Waals surface area contributed by atoms with Gasteiger partial charge in [-0.25, -0.2) is 0 Å². The summed E-state index contributed by atoms with van der Waals surface area (Å²) in [4.78, 5) is 11.9. The maximum Gasteiger partial charge on any atom is 0.141 e. The highest BCUT2D eigenvalue weighted by molar-refractivity contribution is 6.32. The van der Waals surface area contributed by atoms with Crippen molar-refractivity contribution in [3.05, 3.63) is 16.4 Å². The van der Waals surface area contributed by atoms with E-state index in [1.54, 1.807) is 4.68 Å². The van der Waals surface area contributed by atoms with E-state index in [-0.39, 0.29) is 5.92 Å². The molecule has 0 unspecified atom stereocenters. The van der Waals surface area contributed by atoms with E-state index in [9.17, 15) is 4.79 Å². The Labute approximate surface area is 101 Å². The van der Waals surface area contributed by atoms with E-state index in [0.717, 1.165) is 30.7 Å². The lowest BCUT2D eigenvalue weighted by atomic mass is 9.81. The molecule has 0 bridgehead atoms. The highest BCUT2D eigenvalue weighted by atomic mass is 35.5. The summed E-state index contributed by atoms with van der Waals surface area (Å²) in [6.07, 6.45) is 4.54. The number of carbonyl (C=O) groups excluding carboxylic acids is 1. The number of rotatable bonds is 4. The molecule has 16 heavy (non-hydrogen) atoms. The fourth-order valence-electron chi connectivity index (χ4n) is 2.05. The highest BCUT2D eigenvalue weighted by Crippen LogP contribution is 2.30. The van der Waals surface area contributed by atoms with Crippen molar-refractivity contribution in [2.45, 2.75) is 39.0 Å². The molecule has 1 fully saturated rings. The summed E-state index contributed by atoms with van der Waals surface area (Å²) in [5, 5.41) is 5.00. The first-order valence-corrected chi connectivity index (χ1v) is 6.24. The standard InChI is InChI=1S/C12H17ClN2O/c1-3-9-12(13)10(15(2)14-9)7-11(16)8-5-4-6-8/h8H,3-7H2,1-2H3. The molecule has 0 spiro atoms. The summed E-state index contributed by atoms with van der Waals surface area (Å²) in [5.74, 6) is 0.592. The van der Waals surface area contributed by atoms with Crippen molar-refractivity contribution in [1.82, 2.24) is 9.78 Å². The Morgan fingerprint density at radius 3 is 2.69 bits per heavy atom. The molecule has 1 aliphatic rings. The van der Waals surface area contributed by atoms with E-state index in [1.807, 2.05) is 14.0 Å². The lowest BCUT2D eigenvalue weighted by Gasteiger charge is -2.23. The van der Waals surface area contributed by atoms with Crippen molar-refractivity contribution in [3.8, 4) is 0 Å². The fraction of sp³-hybridized carbons (Fsp3) is 0.667. The Morgan fingerprint density at radius 2 is 2.25 bits per heavy atom. The molecule has 0 aliphatic heterocycles. The Hall–Kier alpha value is -0.830. The fourth-order valence-corrected chi connectivity index (χ4v) is 2.41. The molecule has 0 N–H and O–H groups in total. The lowest BCUT2D eigenvalue weighted by Crippen LogP contribution is -2.24. The first-order chi connectivity index (χ1) is 7.63. The highest BCUT2D eigenvalue weighted by Gasteiger charge is 2.27. The summed E-state index contributed by atoms with van der Waals surface area (Å²) in [6.45, 7) is 2.02. The SMILES string of the molecule is CCc1nn(C)c(CC(=O)C2CCC2)c1Cl. The van der Waals surface area contributed by atoms with Crippen molar-refractivity contribution in [1.29, 1.82) is 0 Å². The van der Waals surface area contributed by atoms with Crippen LogP contribution in [0.3, 0.4) is 0 Å². The van der Waals surface area contributed by atoms with Gasteiger partial charge in [0.25, 0.3) is 0 Å². The van der Waals surface area contributed by atoms with E-state index in [4.69, 9.17) is 11.6 Å². The summed E-state index contributed by atoms with van der Waals surface area (Å²) in [7, 11) is 1.86. The van der Waals surface area contributed by atoms with Gasteiger partial charge in [-0.15, -0.1) is 0 Å².